The smallest absolute Gasteiger partial charge is 0.164 e. The molecule has 0 unspecified atom stereocenters. The molecule has 0 aliphatic rings. The SMILES string of the molecule is CCCCC(=O)c1cc(N)ccc1Br. The van der Waals surface area contributed by atoms with Crippen LogP contribution >= 0.6 is 15.9 Å². The summed E-state index contributed by atoms with van der Waals surface area (Å²) in [5, 5.41) is 0. The normalized spacial score (nSPS) is 10.1. The van der Waals surface area contributed by atoms with Crippen LogP contribution in [0.15, 0.2) is 22.7 Å². The van der Waals surface area contributed by atoms with Crippen LogP contribution in [0.2, 0.25) is 0 Å². The van der Waals surface area contributed by atoms with Crippen molar-refractivity contribution in [3.05, 3.63) is 28.2 Å². The lowest BCUT2D eigenvalue weighted by Gasteiger charge is -2.04. The predicted octanol–water partition coefficient (Wildman–Crippen LogP) is 3.40. The zero-order valence-electron chi connectivity index (χ0n) is 8.22. The Kier molecular flexibility index (Phi) is 4.14. The summed E-state index contributed by atoms with van der Waals surface area (Å²) in [6.07, 6.45) is 2.56. The molecular weight excluding hydrogens is 242 g/mol. The van der Waals surface area contributed by atoms with Crippen LogP contribution in [0, 0.1) is 0 Å². The highest BCUT2D eigenvalue weighted by atomic mass is 79.9. The average Bonchev–Trinajstić information content (AvgIpc) is 2.18. The van der Waals surface area contributed by atoms with E-state index >= 15 is 0 Å². The van der Waals surface area contributed by atoms with E-state index in [4.69, 9.17) is 5.73 Å². The maximum Gasteiger partial charge on any atom is 0.164 e. The van der Waals surface area contributed by atoms with E-state index < -0.39 is 0 Å². The summed E-state index contributed by atoms with van der Waals surface area (Å²) < 4.78 is 0.827. The molecule has 0 heterocycles. The first kappa shape index (κ1) is 11.2. The van der Waals surface area contributed by atoms with Crippen LogP contribution in [-0.4, -0.2) is 5.78 Å². The average molecular weight is 256 g/mol. The minimum Gasteiger partial charge on any atom is -0.399 e. The molecule has 0 aliphatic heterocycles. The van der Waals surface area contributed by atoms with Gasteiger partial charge >= 0.3 is 0 Å². The number of anilines is 1. The number of Topliss-reactive ketones (excluding diaryl/α,β-unsaturated/α-hetero) is 1. The monoisotopic (exact) mass is 255 g/mol. The molecule has 0 amide bonds. The molecule has 0 spiro atoms. The van der Waals surface area contributed by atoms with Crippen LogP contribution in [0.1, 0.15) is 36.5 Å². The van der Waals surface area contributed by atoms with Gasteiger partial charge in [0.1, 0.15) is 0 Å². The molecule has 3 heteroatoms. The largest absolute Gasteiger partial charge is 0.399 e. The number of nitrogen functional groups attached to an aromatic ring is 1. The molecule has 1 rings (SSSR count). The second-order valence-corrected chi connectivity index (χ2v) is 4.12. The van der Waals surface area contributed by atoms with Gasteiger partial charge in [-0.3, -0.25) is 4.79 Å². The number of nitrogens with two attached hydrogens (primary N) is 1. The molecule has 0 atom stereocenters. The summed E-state index contributed by atoms with van der Waals surface area (Å²) in [6.45, 7) is 2.07. The lowest BCUT2D eigenvalue weighted by Crippen LogP contribution is -2.01. The van der Waals surface area contributed by atoms with Crippen LogP contribution in [0.3, 0.4) is 0 Å². The summed E-state index contributed by atoms with van der Waals surface area (Å²) >= 11 is 3.35. The van der Waals surface area contributed by atoms with Gasteiger partial charge in [-0.15, -0.1) is 0 Å². The second-order valence-electron chi connectivity index (χ2n) is 3.27. The summed E-state index contributed by atoms with van der Waals surface area (Å²) in [5.41, 5.74) is 6.95. The maximum absolute atomic E-state index is 11.7. The number of ketones is 1. The van der Waals surface area contributed by atoms with Gasteiger partial charge in [-0.25, -0.2) is 0 Å². The molecule has 0 radical (unpaired) electrons. The molecule has 0 aliphatic carbocycles. The quantitative estimate of drug-likeness (QED) is 0.662. The van der Waals surface area contributed by atoms with Gasteiger partial charge in [-0.05, 0) is 24.6 Å². The fourth-order valence-corrected chi connectivity index (χ4v) is 1.70. The van der Waals surface area contributed by atoms with Gasteiger partial charge in [0.25, 0.3) is 0 Å². The Balaban J connectivity index is 2.83. The Hall–Kier alpha value is -0.830. The number of halogens is 1. The van der Waals surface area contributed by atoms with Crippen molar-refractivity contribution >= 4 is 27.4 Å². The molecule has 0 bridgehead atoms. The Morgan fingerprint density at radius 2 is 2.21 bits per heavy atom. The Morgan fingerprint density at radius 3 is 2.86 bits per heavy atom. The molecule has 0 saturated carbocycles. The van der Waals surface area contributed by atoms with Crippen molar-refractivity contribution in [1.82, 2.24) is 0 Å². The number of carbonyl (C=O) groups excluding carboxylic acids is 1. The highest BCUT2D eigenvalue weighted by Crippen LogP contribution is 2.21. The first-order chi connectivity index (χ1) is 6.65. The minimum absolute atomic E-state index is 0.158. The molecule has 1 aromatic rings. The van der Waals surface area contributed by atoms with Crippen molar-refractivity contribution in [2.75, 3.05) is 5.73 Å². The van der Waals surface area contributed by atoms with Crippen molar-refractivity contribution in [3.63, 3.8) is 0 Å². The second kappa shape index (κ2) is 5.15. The van der Waals surface area contributed by atoms with Crippen molar-refractivity contribution in [3.8, 4) is 0 Å². The van der Waals surface area contributed by atoms with Crippen molar-refractivity contribution in [1.29, 1.82) is 0 Å². The van der Waals surface area contributed by atoms with Gasteiger partial charge in [0, 0.05) is 22.1 Å². The molecule has 14 heavy (non-hydrogen) atoms. The fourth-order valence-electron chi connectivity index (χ4n) is 1.23. The maximum atomic E-state index is 11.7. The van der Waals surface area contributed by atoms with E-state index in [0.717, 1.165) is 17.3 Å². The predicted molar refractivity (Wildman–Crippen MR) is 62.4 cm³/mol. The van der Waals surface area contributed by atoms with Gasteiger partial charge in [0.15, 0.2) is 5.78 Å². The molecule has 0 saturated heterocycles. The molecule has 1 aromatic carbocycles. The first-order valence-electron chi connectivity index (χ1n) is 4.73. The fraction of sp³-hybridized carbons (Fsp3) is 0.364. The van der Waals surface area contributed by atoms with Crippen molar-refractivity contribution in [2.24, 2.45) is 0 Å². The highest BCUT2D eigenvalue weighted by Gasteiger charge is 2.09. The van der Waals surface area contributed by atoms with E-state index in [1.165, 1.54) is 0 Å². The van der Waals surface area contributed by atoms with Crippen molar-refractivity contribution < 1.29 is 4.79 Å². The summed E-state index contributed by atoms with van der Waals surface area (Å²) in [6, 6.07) is 5.32. The van der Waals surface area contributed by atoms with Crippen molar-refractivity contribution in [2.45, 2.75) is 26.2 Å². The van der Waals surface area contributed by atoms with E-state index in [1.807, 2.05) is 6.07 Å². The highest BCUT2D eigenvalue weighted by molar-refractivity contribution is 9.10. The van der Waals surface area contributed by atoms with Crippen LogP contribution in [-0.2, 0) is 0 Å². The van der Waals surface area contributed by atoms with E-state index in [-0.39, 0.29) is 5.78 Å². The molecular formula is C11H14BrNO. The third-order valence-corrected chi connectivity index (χ3v) is 2.74. The lowest BCUT2D eigenvalue weighted by atomic mass is 10.1. The van der Waals surface area contributed by atoms with E-state index in [0.29, 0.717) is 17.7 Å². The van der Waals surface area contributed by atoms with E-state index in [1.54, 1.807) is 12.1 Å². The minimum atomic E-state index is 0.158. The van der Waals surface area contributed by atoms with E-state index in [2.05, 4.69) is 22.9 Å². The third-order valence-electron chi connectivity index (χ3n) is 2.05. The van der Waals surface area contributed by atoms with Gasteiger partial charge in [0.05, 0.1) is 0 Å². The number of hydrogen-bond acceptors (Lipinski definition) is 2. The Morgan fingerprint density at radius 1 is 1.50 bits per heavy atom. The lowest BCUT2D eigenvalue weighted by molar-refractivity contribution is 0.0979. The molecule has 0 aromatic heterocycles. The summed E-state index contributed by atoms with van der Waals surface area (Å²) in [5.74, 6) is 0.158. The van der Waals surface area contributed by atoms with Gasteiger partial charge in [0.2, 0.25) is 0 Å². The molecule has 0 fully saturated rings. The number of hydrogen-bond donors (Lipinski definition) is 1. The molecule has 2 nitrogen and oxygen atoms in total. The number of benzene rings is 1. The topological polar surface area (TPSA) is 43.1 Å². The standard InChI is InChI=1S/C11H14BrNO/c1-2-3-4-11(14)9-7-8(13)5-6-10(9)12/h5-7H,2-4,13H2,1H3. The Labute approximate surface area is 92.6 Å². The number of rotatable bonds is 4. The van der Waals surface area contributed by atoms with Crippen LogP contribution in [0.4, 0.5) is 5.69 Å². The van der Waals surface area contributed by atoms with E-state index in [9.17, 15) is 4.79 Å². The van der Waals surface area contributed by atoms with Gasteiger partial charge in [-0.2, -0.15) is 0 Å². The van der Waals surface area contributed by atoms with Crippen LogP contribution < -0.4 is 5.73 Å². The van der Waals surface area contributed by atoms with Gasteiger partial charge in [-0.1, -0.05) is 29.3 Å². The summed E-state index contributed by atoms with van der Waals surface area (Å²) in [7, 11) is 0. The summed E-state index contributed by atoms with van der Waals surface area (Å²) in [4.78, 5) is 11.7. The van der Waals surface area contributed by atoms with Gasteiger partial charge < -0.3 is 5.73 Å². The van der Waals surface area contributed by atoms with Crippen LogP contribution in [0.5, 0.6) is 0 Å². The third kappa shape index (κ3) is 2.84. The Bertz CT molecular complexity index is 336. The zero-order valence-corrected chi connectivity index (χ0v) is 9.80. The number of unbranched alkanes of at least 4 members (excludes halogenated alkanes) is 1. The first-order valence-corrected chi connectivity index (χ1v) is 5.52. The van der Waals surface area contributed by atoms with Crippen LogP contribution in [0.25, 0.3) is 0 Å². The molecule has 76 valence electrons. The zero-order chi connectivity index (χ0) is 10.6. The molecule has 2 N–H and O–H groups in total. The number of carbonyl (C=O) groups is 1.